The van der Waals surface area contributed by atoms with Crippen LogP contribution in [0.1, 0.15) is 24.8 Å². The zero-order chi connectivity index (χ0) is 13.5. The van der Waals surface area contributed by atoms with Gasteiger partial charge >= 0.3 is 0 Å². The van der Waals surface area contributed by atoms with Crippen LogP contribution < -0.4 is 10.6 Å². The molecule has 2 rings (SSSR count). The zero-order valence-electron chi connectivity index (χ0n) is 11.4. The summed E-state index contributed by atoms with van der Waals surface area (Å²) in [5.74, 6) is 0.0801. The van der Waals surface area contributed by atoms with Crippen molar-refractivity contribution in [2.45, 2.75) is 37.1 Å². The Hall–Kier alpha value is -1.00. The van der Waals surface area contributed by atoms with Crippen LogP contribution in [0.5, 0.6) is 0 Å². The number of rotatable bonds is 6. The molecule has 0 aliphatic heterocycles. The summed E-state index contributed by atoms with van der Waals surface area (Å²) in [6.45, 7) is 1.04. The molecule has 2 N–H and O–H groups in total. The number of hydrogen-bond acceptors (Lipinski definition) is 3. The number of hydrogen-bond donors (Lipinski definition) is 2. The van der Waals surface area contributed by atoms with Crippen LogP contribution in [0.3, 0.4) is 0 Å². The lowest BCUT2D eigenvalue weighted by atomic mass is 10.2. The van der Waals surface area contributed by atoms with Crippen LogP contribution in [0, 0.1) is 0 Å². The van der Waals surface area contributed by atoms with Gasteiger partial charge in [0, 0.05) is 17.8 Å². The van der Waals surface area contributed by atoms with Gasteiger partial charge in [0.1, 0.15) is 0 Å². The largest absolute Gasteiger partial charge is 0.351 e. The number of nitrogens with one attached hydrogen (secondary N) is 2. The van der Waals surface area contributed by atoms with Crippen molar-refractivity contribution in [1.82, 2.24) is 10.6 Å². The molecule has 1 aliphatic carbocycles. The molecule has 0 bridgehead atoms. The second kappa shape index (κ2) is 7.56. The lowest BCUT2D eigenvalue weighted by Crippen LogP contribution is -2.38. The maximum absolute atomic E-state index is 11.7. The molecule has 2 unspecified atom stereocenters. The normalized spacial score (nSPS) is 22.4. The maximum atomic E-state index is 11.7. The van der Waals surface area contributed by atoms with E-state index in [-0.39, 0.29) is 5.91 Å². The molecule has 1 aliphatic rings. The Morgan fingerprint density at radius 2 is 2.11 bits per heavy atom. The van der Waals surface area contributed by atoms with Crippen LogP contribution in [0.2, 0.25) is 0 Å². The summed E-state index contributed by atoms with van der Waals surface area (Å²) in [5, 5.41) is 7.07. The fraction of sp³-hybridized carbons (Fsp3) is 0.533. The topological polar surface area (TPSA) is 41.1 Å². The van der Waals surface area contributed by atoms with E-state index in [1.54, 1.807) is 0 Å². The first kappa shape index (κ1) is 14.4. The van der Waals surface area contributed by atoms with Crippen LogP contribution in [0.25, 0.3) is 0 Å². The molecule has 4 heteroatoms. The van der Waals surface area contributed by atoms with E-state index in [0.717, 1.165) is 10.8 Å². The van der Waals surface area contributed by atoms with E-state index in [1.807, 2.05) is 42.1 Å². The molecule has 19 heavy (non-hydrogen) atoms. The van der Waals surface area contributed by atoms with Crippen molar-refractivity contribution in [3.8, 4) is 0 Å². The monoisotopic (exact) mass is 278 g/mol. The van der Waals surface area contributed by atoms with Crippen molar-refractivity contribution in [1.29, 1.82) is 0 Å². The van der Waals surface area contributed by atoms with E-state index in [2.05, 4.69) is 16.9 Å². The molecular formula is C15H22N2OS. The third-order valence-corrected chi connectivity index (χ3v) is 4.70. The van der Waals surface area contributed by atoms with Gasteiger partial charge in [-0.1, -0.05) is 30.3 Å². The van der Waals surface area contributed by atoms with Crippen molar-refractivity contribution < 1.29 is 4.79 Å². The van der Waals surface area contributed by atoms with Gasteiger partial charge < -0.3 is 10.6 Å². The highest BCUT2D eigenvalue weighted by Gasteiger charge is 2.23. The van der Waals surface area contributed by atoms with Gasteiger partial charge in [-0.3, -0.25) is 4.79 Å². The molecule has 1 amide bonds. The number of benzene rings is 1. The van der Waals surface area contributed by atoms with E-state index in [9.17, 15) is 4.79 Å². The SMILES string of the molecule is CSC1CCC(NCC(=O)NCc2ccccc2)C1. The summed E-state index contributed by atoms with van der Waals surface area (Å²) < 4.78 is 0. The van der Waals surface area contributed by atoms with Crippen molar-refractivity contribution in [2.75, 3.05) is 12.8 Å². The molecule has 1 saturated carbocycles. The Bertz CT molecular complexity index is 396. The highest BCUT2D eigenvalue weighted by Crippen LogP contribution is 2.27. The fourth-order valence-electron chi connectivity index (χ4n) is 2.44. The summed E-state index contributed by atoms with van der Waals surface area (Å²) >= 11 is 1.94. The van der Waals surface area contributed by atoms with Gasteiger partial charge in [0.2, 0.25) is 5.91 Å². The van der Waals surface area contributed by atoms with Gasteiger partial charge in [0.05, 0.1) is 6.54 Å². The molecule has 1 fully saturated rings. The lowest BCUT2D eigenvalue weighted by Gasteiger charge is -2.12. The van der Waals surface area contributed by atoms with Crippen molar-refractivity contribution in [2.24, 2.45) is 0 Å². The minimum absolute atomic E-state index is 0.0801. The molecule has 0 spiro atoms. The Morgan fingerprint density at radius 1 is 1.32 bits per heavy atom. The number of carbonyl (C=O) groups excluding carboxylic acids is 1. The maximum Gasteiger partial charge on any atom is 0.234 e. The summed E-state index contributed by atoms with van der Waals surface area (Å²) in [5.41, 5.74) is 1.14. The van der Waals surface area contributed by atoms with E-state index in [1.165, 1.54) is 19.3 Å². The molecule has 0 aromatic heterocycles. The molecule has 0 heterocycles. The number of amides is 1. The molecule has 0 saturated heterocycles. The highest BCUT2D eigenvalue weighted by molar-refractivity contribution is 7.99. The van der Waals surface area contributed by atoms with Crippen LogP contribution in [-0.4, -0.2) is 30.0 Å². The predicted octanol–water partition coefficient (Wildman–Crippen LogP) is 2.18. The Kier molecular flexibility index (Phi) is 5.73. The zero-order valence-corrected chi connectivity index (χ0v) is 12.2. The quantitative estimate of drug-likeness (QED) is 0.838. The van der Waals surface area contributed by atoms with Crippen LogP contribution in [0.4, 0.5) is 0 Å². The Morgan fingerprint density at radius 3 is 2.79 bits per heavy atom. The van der Waals surface area contributed by atoms with Gasteiger partial charge in [0.25, 0.3) is 0 Å². The van der Waals surface area contributed by atoms with Gasteiger partial charge in [-0.15, -0.1) is 0 Å². The van der Waals surface area contributed by atoms with Gasteiger partial charge in [-0.05, 0) is 31.1 Å². The summed E-state index contributed by atoms with van der Waals surface area (Å²) in [4.78, 5) is 11.7. The van der Waals surface area contributed by atoms with Crippen molar-refractivity contribution >= 4 is 17.7 Å². The molecular weight excluding hydrogens is 256 g/mol. The standard InChI is InChI=1S/C15H22N2OS/c1-19-14-8-7-13(9-14)16-11-15(18)17-10-12-5-3-2-4-6-12/h2-6,13-14,16H,7-11H2,1H3,(H,17,18). The van der Waals surface area contributed by atoms with Gasteiger partial charge in [-0.2, -0.15) is 11.8 Å². The third kappa shape index (κ3) is 4.88. The first-order valence-corrected chi connectivity index (χ1v) is 8.13. The smallest absolute Gasteiger partial charge is 0.234 e. The molecule has 3 nitrogen and oxygen atoms in total. The molecule has 1 aromatic carbocycles. The minimum atomic E-state index is 0.0801. The Labute approximate surface area is 119 Å². The first-order chi connectivity index (χ1) is 9.28. The minimum Gasteiger partial charge on any atom is -0.351 e. The lowest BCUT2D eigenvalue weighted by molar-refractivity contribution is -0.120. The average molecular weight is 278 g/mol. The van der Waals surface area contributed by atoms with Gasteiger partial charge in [0.15, 0.2) is 0 Å². The summed E-state index contributed by atoms with van der Waals surface area (Å²) in [6, 6.07) is 10.5. The van der Waals surface area contributed by atoms with Crippen LogP contribution in [0.15, 0.2) is 30.3 Å². The summed E-state index contributed by atoms with van der Waals surface area (Å²) in [7, 11) is 0. The second-order valence-corrected chi connectivity index (χ2v) is 6.15. The average Bonchev–Trinajstić information content (AvgIpc) is 2.92. The van der Waals surface area contributed by atoms with E-state index < -0.39 is 0 Å². The Balaban J connectivity index is 1.63. The number of thioether (sulfide) groups is 1. The third-order valence-electron chi connectivity index (χ3n) is 3.60. The number of carbonyl (C=O) groups is 1. The molecule has 2 atom stereocenters. The van der Waals surface area contributed by atoms with Crippen molar-refractivity contribution in [3.63, 3.8) is 0 Å². The van der Waals surface area contributed by atoms with E-state index in [4.69, 9.17) is 0 Å². The van der Waals surface area contributed by atoms with Crippen LogP contribution in [-0.2, 0) is 11.3 Å². The highest BCUT2D eigenvalue weighted by atomic mass is 32.2. The van der Waals surface area contributed by atoms with Gasteiger partial charge in [-0.25, -0.2) is 0 Å². The fourth-order valence-corrected chi connectivity index (χ4v) is 3.23. The molecule has 1 aromatic rings. The predicted molar refractivity (Wildman–Crippen MR) is 81.2 cm³/mol. The van der Waals surface area contributed by atoms with Crippen LogP contribution >= 0.6 is 11.8 Å². The van der Waals surface area contributed by atoms with Crippen molar-refractivity contribution in [3.05, 3.63) is 35.9 Å². The first-order valence-electron chi connectivity index (χ1n) is 6.84. The second-order valence-electron chi connectivity index (χ2n) is 5.01. The summed E-state index contributed by atoms with van der Waals surface area (Å²) in [6.07, 6.45) is 5.81. The molecule has 104 valence electrons. The molecule has 0 radical (unpaired) electrons. The van der Waals surface area contributed by atoms with E-state index >= 15 is 0 Å². The van der Waals surface area contributed by atoms with E-state index in [0.29, 0.717) is 19.1 Å².